The lowest BCUT2D eigenvalue weighted by Crippen LogP contribution is -2.47. The third kappa shape index (κ3) is 4.88. The molecule has 0 aromatic carbocycles. The van der Waals surface area contributed by atoms with E-state index >= 15 is 0 Å². The van der Waals surface area contributed by atoms with Crippen molar-refractivity contribution in [2.24, 2.45) is 17.8 Å². The predicted molar refractivity (Wildman–Crippen MR) is 95.9 cm³/mol. The van der Waals surface area contributed by atoms with Crippen molar-refractivity contribution in [3.05, 3.63) is 0 Å². The Morgan fingerprint density at radius 1 is 1.04 bits per heavy atom. The van der Waals surface area contributed by atoms with Crippen LogP contribution in [0.1, 0.15) is 48.0 Å². The molecule has 1 aliphatic carbocycles. The lowest BCUT2D eigenvalue weighted by molar-refractivity contribution is -0.125. The van der Waals surface area contributed by atoms with E-state index in [1.807, 2.05) is 6.92 Å². The van der Waals surface area contributed by atoms with Gasteiger partial charge in [0.25, 0.3) is 0 Å². The molecule has 0 unspecified atom stereocenters. The predicted octanol–water partition coefficient (Wildman–Crippen LogP) is 4.25. The van der Waals surface area contributed by atoms with Crippen molar-refractivity contribution in [2.45, 2.75) is 78.3 Å². The zero-order chi connectivity index (χ0) is 17.6. The molecule has 136 valence electrons. The van der Waals surface area contributed by atoms with Crippen molar-refractivity contribution in [2.75, 3.05) is 13.9 Å². The molecule has 0 spiro atoms. The molecule has 0 saturated heterocycles. The number of ketones is 1. The van der Waals surface area contributed by atoms with E-state index in [0.29, 0.717) is 12.2 Å². The molecular formula is C18H36O4Si. The first-order chi connectivity index (χ1) is 10.9. The second-order valence-corrected chi connectivity index (χ2v) is 11.9. The number of hydrogen-bond donors (Lipinski definition) is 0. The molecule has 0 aromatic heterocycles. The van der Waals surface area contributed by atoms with Gasteiger partial charge in [0.1, 0.15) is 12.6 Å². The van der Waals surface area contributed by atoms with Gasteiger partial charge in [-0.1, -0.05) is 41.5 Å². The molecule has 1 fully saturated rings. The highest BCUT2D eigenvalue weighted by Gasteiger charge is 2.44. The van der Waals surface area contributed by atoms with Crippen molar-refractivity contribution in [1.82, 2.24) is 0 Å². The van der Waals surface area contributed by atoms with Gasteiger partial charge in [0, 0.05) is 25.4 Å². The van der Waals surface area contributed by atoms with Crippen LogP contribution in [0.5, 0.6) is 0 Å². The third-order valence-corrected chi connectivity index (χ3v) is 10.5. The fourth-order valence-corrected chi connectivity index (χ4v) is 6.92. The van der Waals surface area contributed by atoms with Crippen LogP contribution < -0.4 is 0 Å². The minimum absolute atomic E-state index is 0.00567. The highest BCUT2D eigenvalue weighted by Crippen LogP contribution is 2.37. The number of hydrogen-bond acceptors (Lipinski definition) is 4. The molecule has 0 amide bonds. The van der Waals surface area contributed by atoms with Crippen molar-refractivity contribution in [3.63, 3.8) is 0 Å². The Bertz CT molecular complexity index is 362. The molecule has 0 heterocycles. The van der Waals surface area contributed by atoms with Crippen molar-refractivity contribution in [1.29, 1.82) is 0 Å². The third-order valence-electron chi connectivity index (χ3n) is 5.82. The van der Waals surface area contributed by atoms with Gasteiger partial charge >= 0.3 is 0 Å². The Labute approximate surface area is 143 Å². The quantitative estimate of drug-likeness (QED) is 0.375. The van der Waals surface area contributed by atoms with Gasteiger partial charge in [-0.3, -0.25) is 4.79 Å². The maximum absolute atomic E-state index is 12.6. The smallest absolute Gasteiger partial charge is 0.192 e. The van der Waals surface area contributed by atoms with Crippen molar-refractivity contribution < 1.29 is 18.7 Å². The molecule has 0 aromatic rings. The molecule has 0 radical (unpaired) electrons. The summed E-state index contributed by atoms with van der Waals surface area (Å²) in [5, 5.41) is 0. The maximum atomic E-state index is 12.6. The Hall–Kier alpha value is -0.233. The minimum atomic E-state index is -1.76. The second-order valence-electron chi connectivity index (χ2n) is 7.16. The first-order valence-corrected chi connectivity index (χ1v) is 11.7. The van der Waals surface area contributed by atoms with Gasteiger partial charge in [0.2, 0.25) is 0 Å². The van der Waals surface area contributed by atoms with Gasteiger partial charge in [-0.25, -0.2) is 0 Å². The van der Waals surface area contributed by atoms with E-state index in [2.05, 4.69) is 34.6 Å². The molecule has 23 heavy (non-hydrogen) atoms. The highest BCUT2D eigenvalue weighted by molar-refractivity contribution is 6.73. The minimum Gasteiger partial charge on any atom is -0.413 e. The summed E-state index contributed by atoms with van der Waals surface area (Å²) < 4.78 is 17.8. The Kier molecular flexibility index (Phi) is 8.42. The van der Waals surface area contributed by atoms with Gasteiger partial charge in [0.15, 0.2) is 8.32 Å². The molecule has 1 saturated carbocycles. The second kappa shape index (κ2) is 9.30. The summed E-state index contributed by atoms with van der Waals surface area (Å²) in [5.74, 6) is 0.645. The topological polar surface area (TPSA) is 44.8 Å². The lowest BCUT2D eigenvalue weighted by atomic mass is 9.88. The Balaban J connectivity index is 3.06. The maximum Gasteiger partial charge on any atom is 0.192 e. The van der Waals surface area contributed by atoms with Gasteiger partial charge < -0.3 is 13.9 Å². The number of carbonyl (C=O) groups is 1. The average Bonchev–Trinajstić information content (AvgIpc) is 2.62. The number of rotatable bonds is 8. The van der Waals surface area contributed by atoms with Crippen LogP contribution in [-0.2, 0) is 18.7 Å². The lowest BCUT2D eigenvalue weighted by Gasteiger charge is -2.39. The monoisotopic (exact) mass is 344 g/mol. The number of ether oxygens (including phenoxy) is 2. The number of Topliss-reactive ketones (excluding diaryl/α,β-unsaturated/α-hetero) is 1. The zero-order valence-corrected chi connectivity index (χ0v) is 17.1. The van der Waals surface area contributed by atoms with Gasteiger partial charge in [-0.05, 0) is 24.1 Å². The first kappa shape index (κ1) is 20.8. The SMILES string of the molecule is CC[Si](CC)(CC)O[C@H]1[C@@H](C)[C@H](OCOC)[C@H](C)CC(=O)[C@H]1C. The van der Waals surface area contributed by atoms with Crippen LogP contribution in [0, 0.1) is 17.8 Å². The molecule has 0 bridgehead atoms. The summed E-state index contributed by atoms with van der Waals surface area (Å²) >= 11 is 0. The van der Waals surface area contributed by atoms with E-state index < -0.39 is 8.32 Å². The van der Waals surface area contributed by atoms with Crippen LogP contribution in [0.3, 0.4) is 0 Å². The van der Waals surface area contributed by atoms with Crippen LogP contribution in [0.4, 0.5) is 0 Å². The largest absolute Gasteiger partial charge is 0.413 e. The summed E-state index contributed by atoms with van der Waals surface area (Å²) in [6.45, 7) is 13.3. The number of carbonyl (C=O) groups excluding carboxylic acids is 1. The summed E-state index contributed by atoms with van der Waals surface area (Å²) in [6.07, 6.45) is 0.533. The van der Waals surface area contributed by atoms with Gasteiger partial charge in [-0.2, -0.15) is 0 Å². The van der Waals surface area contributed by atoms with Crippen LogP contribution in [0.2, 0.25) is 18.1 Å². The van der Waals surface area contributed by atoms with Crippen LogP contribution >= 0.6 is 0 Å². The van der Waals surface area contributed by atoms with E-state index in [0.717, 1.165) is 18.1 Å². The summed E-state index contributed by atoms with van der Waals surface area (Å²) in [7, 11) is -0.126. The number of methoxy groups -OCH3 is 1. The van der Waals surface area contributed by atoms with E-state index in [4.69, 9.17) is 13.9 Å². The molecule has 0 aliphatic heterocycles. The van der Waals surface area contributed by atoms with E-state index in [9.17, 15) is 4.79 Å². The Morgan fingerprint density at radius 3 is 2.09 bits per heavy atom. The Morgan fingerprint density at radius 2 is 1.61 bits per heavy atom. The average molecular weight is 345 g/mol. The summed E-state index contributed by atoms with van der Waals surface area (Å²) in [5.41, 5.74) is 0. The first-order valence-electron chi connectivity index (χ1n) is 9.16. The molecule has 5 heteroatoms. The zero-order valence-electron chi connectivity index (χ0n) is 16.1. The van der Waals surface area contributed by atoms with Crippen LogP contribution in [0.25, 0.3) is 0 Å². The van der Waals surface area contributed by atoms with Gasteiger partial charge in [-0.15, -0.1) is 0 Å². The molecule has 1 rings (SSSR count). The van der Waals surface area contributed by atoms with E-state index in [1.54, 1.807) is 7.11 Å². The fraction of sp³-hybridized carbons (Fsp3) is 0.944. The highest BCUT2D eigenvalue weighted by atomic mass is 28.4. The summed E-state index contributed by atoms with van der Waals surface area (Å²) in [6, 6.07) is 3.30. The molecule has 5 atom stereocenters. The van der Waals surface area contributed by atoms with Crippen LogP contribution in [0.15, 0.2) is 0 Å². The van der Waals surface area contributed by atoms with E-state index in [-0.39, 0.29) is 36.8 Å². The standard InChI is InChI=1S/C18H36O4Si/c1-8-23(9-2,10-3)22-18-14(5)16(19)11-13(4)17(15(18)6)21-12-20-7/h13-15,17-18H,8-12H2,1-7H3/t13-,14-,15+,17-,18-/m1/s1. The molecule has 0 N–H and O–H groups in total. The van der Waals surface area contributed by atoms with E-state index in [1.165, 1.54) is 0 Å². The van der Waals surface area contributed by atoms with Crippen molar-refractivity contribution in [3.8, 4) is 0 Å². The molecule has 4 nitrogen and oxygen atoms in total. The molecule has 1 aliphatic rings. The summed E-state index contributed by atoms with van der Waals surface area (Å²) in [4.78, 5) is 12.6. The van der Waals surface area contributed by atoms with Crippen LogP contribution in [-0.4, -0.2) is 40.2 Å². The fourth-order valence-electron chi connectivity index (χ4n) is 3.92. The molecular weight excluding hydrogens is 308 g/mol. The van der Waals surface area contributed by atoms with Gasteiger partial charge in [0.05, 0.1) is 12.2 Å². The van der Waals surface area contributed by atoms with Crippen molar-refractivity contribution >= 4 is 14.1 Å². The normalized spacial score (nSPS) is 32.8.